The lowest BCUT2D eigenvalue weighted by Gasteiger charge is -2.14. The third-order valence-corrected chi connectivity index (χ3v) is 5.74. The molecule has 1 aliphatic rings. The van der Waals surface area contributed by atoms with Crippen LogP contribution in [0.15, 0.2) is 52.0 Å². The molecule has 0 saturated carbocycles. The molecule has 0 N–H and O–H groups in total. The Kier molecular flexibility index (Phi) is 6.56. The highest BCUT2D eigenvalue weighted by molar-refractivity contribution is 8.03. The first kappa shape index (κ1) is 19.5. The molecular weight excluding hydrogens is 358 g/mol. The third kappa shape index (κ3) is 4.53. The van der Waals surface area contributed by atoms with Gasteiger partial charge in [-0.25, -0.2) is 0 Å². The highest BCUT2D eigenvalue weighted by Gasteiger charge is 2.38. The lowest BCUT2D eigenvalue weighted by Crippen LogP contribution is -2.32. The molecule has 1 aromatic carbocycles. The Hall–Kier alpha value is -2.27. The van der Waals surface area contributed by atoms with Gasteiger partial charge in [-0.1, -0.05) is 56.0 Å². The Morgan fingerprint density at radius 2 is 1.78 bits per heavy atom. The summed E-state index contributed by atoms with van der Waals surface area (Å²) >= 11 is 1.38. The molecule has 2 amide bonds. The molecule has 27 heavy (non-hydrogen) atoms. The van der Waals surface area contributed by atoms with E-state index in [0.29, 0.717) is 22.8 Å². The average Bonchev–Trinajstić information content (AvgIpc) is 3.26. The summed E-state index contributed by atoms with van der Waals surface area (Å²) in [4.78, 5) is 28.0. The molecule has 1 aliphatic heterocycles. The Morgan fingerprint density at radius 3 is 2.44 bits per heavy atom. The fourth-order valence-electron chi connectivity index (χ4n) is 3.10. The van der Waals surface area contributed by atoms with Crippen LogP contribution in [0, 0.1) is 6.92 Å². The largest absolute Gasteiger partial charge is 0.468 e. The Morgan fingerprint density at radius 1 is 1.00 bits per heavy atom. The maximum Gasteiger partial charge on any atom is 0.267 e. The minimum Gasteiger partial charge on any atom is -0.468 e. The molecule has 0 saturated heterocycles. The van der Waals surface area contributed by atoms with Crippen LogP contribution in [-0.2, 0) is 15.3 Å². The second-order valence-electron chi connectivity index (χ2n) is 6.76. The number of thioether (sulfide) groups is 1. The smallest absolute Gasteiger partial charge is 0.267 e. The lowest BCUT2D eigenvalue weighted by atomic mass is 10.0. The molecule has 2 aromatic rings. The van der Waals surface area contributed by atoms with Crippen molar-refractivity contribution in [1.82, 2.24) is 4.90 Å². The minimum absolute atomic E-state index is 0.177. The van der Waals surface area contributed by atoms with Crippen molar-refractivity contribution in [3.63, 3.8) is 0 Å². The van der Waals surface area contributed by atoms with Crippen molar-refractivity contribution in [3.05, 3.63) is 64.5 Å². The Bertz CT molecular complexity index is 822. The molecule has 5 heteroatoms. The summed E-state index contributed by atoms with van der Waals surface area (Å²) < 4.78 is 5.38. The van der Waals surface area contributed by atoms with Crippen molar-refractivity contribution in [2.75, 3.05) is 6.54 Å². The topological polar surface area (TPSA) is 50.5 Å². The predicted molar refractivity (Wildman–Crippen MR) is 109 cm³/mol. The van der Waals surface area contributed by atoms with Gasteiger partial charge in [-0.05, 0) is 31.0 Å². The number of nitrogens with zero attached hydrogens (tertiary/aromatic N) is 1. The number of benzene rings is 1. The third-order valence-electron chi connectivity index (χ3n) is 4.64. The van der Waals surface area contributed by atoms with E-state index in [1.54, 1.807) is 6.26 Å². The van der Waals surface area contributed by atoms with Gasteiger partial charge in [0, 0.05) is 6.54 Å². The average molecular weight is 384 g/mol. The molecule has 1 aromatic heterocycles. The van der Waals surface area contributed by atoms with E-state index in [9.17, 15) is 9.59 Å². The van der Waals surface area contributed by atoms with Gasteiger partial charge < -0.3 is 4.42 Å². The van der Waals surface area contributed by atoms with E-state index in [4.69, 9.17) is 4.42 Å². The van der Waals surface area contributed by atoms with E-state index in [0.717, 1.165) is 42.6 Å². The molecule has 3 rings (SSSR count). The van der Waals surface area contributed by atoms with Crippen LogP contribution in [0.1, 0.15) is 49.5 Å². The first-order valence-electron chi connectivity index (χ1n) is 9.44. The monoisotopic (exact) mass is 383 g/mol. The zero-order chi connectivity index (χ0) is 19.2. The molecule has 0 spiro atoms. The van der Waals surface area contributed by atoms with Gasteiger partial charge in [0.1, 0.15) is 5.76 Å². The van der Waals surface area contributed by atoms with E-state index in [2.05, 4.69) is 6.92 Å². The first-order valence-corrected chi connectivity index (χ1v) is 10.4. The number of rotatable bonds is 9. The molecule has 0 atom stereocenters. The van der Waals surface area contributed by atoms with Crippen LogP contribution in [0.3, 0.4) is 0 Å². The summed E-state index contributed by atoms with van der Waals surface area (Å²) in [6, 6.07) is 11.5. The van der Waals surface area contributed by atoms with Gasteiger partial charge in [-0.15, -0.1) is 11.8 Å². The number of carbonyl (C=O) groups excluding carboxylic acids is 2. The zero-order valence-electron chi connectivity index (χ0n) is 15.9. The van der Waals surface area contributed by atoms with Gasteiger partial charge in [0.2, 0.25) is 0 Å². The molecular formula is C22H25NO3S. The van der Waals surface area contributed by atoms with Crippen molar-refractivity contribution in [1.29, 1.82) is 0 Å². The number of carbonyl (C=O) groups is 2. The number of aryl methyl sites for hydroxylation is 1. The number of imide groups is 1. The molecule has 0 bridgehead atoms. The first-order chi connectivity index (χ1) is 13.1. The second kappa shape index (κ2) is 9.09. The van der Waals surface area contributed by atoms with Gasteiger partial charge in [-0.2, -0.15) is 0 Å². The van der Waals surface area contributed by atoms with Crippen molar-refractivity contribution in [2.24, 2.45) is 0 Å². The van der Waals surface area contributed by atoms with E-state index in [1.807, 2.05) is 43.3 Å². The summed E-state index contributed by atoms with van der Waals surface area (Å²) in [7, 11) is 0. The number of hydrogen-bond donors (Lipinski definition) is 0. The van der Waals surface area contributed by atoms with Crippen molar-refractivity contribution in [2.45, 2.75) is 45.3 Å². The molecule has 142 valence electrons. The molecule has 0 radical (unpaired) electrons. The number of amides is 2. The maximum absolute atomic E-state index is 13.0. The summed E-state index contributed by atoms with van der Waals surface area (Å²) in [5, 5.41) is 0. The van der Waals surface area contributed by atoms with Crippen LogP contribution in [-0.4, -0.2) is 23.3 Å². The summed E-state index contributed by atoms with van der Waals surface area (Å²) in [6.07, 6.45) is 5.74. The van der Waals surface area contributed by atoms with Gasteiger partial charge in [-0.3, -0.25) is 14.5 Å². The van der Waals surface area contributed by atoms with Gasteiger partial charge in [0.05, 0.1) is 22.5 Å². The van der Waals surface area contributed by atoms with Gasteiger partial charge in [0.15, 0.2) is 0 Å². The Balaban J connectivity index is 1.84. The summed E-state index contributed by atoms with van der Waals surface area (Å²) in [5.74, 6) is 0.962. The lowest BCUT2D eigenvalue weighted by molar-refractivity contribution is -0.136. The number of hydrogen-bond acceptors (Lipinski definition) is 4. The molecule has 0 aliphatic carbocycles. The minimum atomic E-state index is -0.178. The van der Waals surface area contributed by atoms with Crippen molar-refractivity contribution >= 4 is 29.1 Å². The fourth-order valence-corrected chi connectivity index (χ4v) is 4.13. The normalized spacial score (nSPS) is 14.5. The molecule has 4 nitrogen and oxygen atoms in total. The van der Waals surface area contributed by atoms with E-state index in [-0.39, 0.29) is 11.8 Å². The van der Waals surface area contributed by atoms with Gasteiger partial charge >= 0.3 is 0 Å². The zero-order valence-corrected chi connectivity index (χ0v) is 16.7. The number of furan rings is 1. The highest BCUT2D eigenvalue weighted by Crippen LogP contribution is 2.37. The number of unbranched alkanes of at least 4 members (excludes halogenated alkanes) is 3. The standard InChI is InChI=1S/C22H25NO3S/c1-3-4-5-6-13-23-21(24)19(17-11-9-16(2)10-12-17)20(22(23)25)27-15-18-8-7-14-26-18/h7-12,14H,3-6,13,15H2,1-2H3. The van der Waals surface area contributed by atoms with E-state index in [1.165, 1.54) is 16.7 Å². The fraction of sp³-hybridized carbons (Fsp3) is 0.364. The van der Waals surface area contributed by atoms with Crippen LogP contribution in [0.2, 0.25) is 0 Å². The molecule has 2 heterocycles. The van der Waals surface area contributed by atoms with Crippen LogP contribution in [0.5, 0.6) is 0 Å². The van der Waals surface area contributed by atoms with Crippen LogP contribution in [0.4, 0.5) is 0 Å². The quantitative estimate of drug-likeness (QED) is 0.442. The van der Waals surface area contributed by atoms with Crippen molar-refractivity contribution < 1.29 is 14.0 Å². The van der Waals surface area contributed by atoms with Crippen LogP contribution < -0.4 is 0 Å². The maximum atomic E-state index is 13.0. The van der Waals surface area contributed by atoms with Gasteiger partial charge in [0.25, 0.3) is 11.8 Å². The van der Waals surface area contributed by atoms with E-state index >= 15 is 0 Å². The van der Waals surface area contributed by atoms with Crippen molar-refractivity contribution in [3.8, 4) is 0 Å². The van der Waals surface area contributed by atoms with E-state index < -0.39 is 0 Å². The Labute approximate surface area is 164 Å². The second-order valence-corrected chi connectivity index (χ2v) is 7.75. The molecule has 0 fully saturated rings. The highest BCUT2D eigenvalue weighted by atomic mass is 32.2. The predicted octanol–water partition coefficient (Wildman–Crippen LogP) is 5.18. The summed E-state index contributed by atoms with van der Waals surface area (Å²) in [6.45, 7) is 4.64. The van der Waals surface area contributed by atoms with Crippen LogP contribution in [0.25, 0.3) is 5.57 Å². The van der Waals surface area contributed by atoms with Crippen LogP contribution >= 0.6 is 11.8 Å². The SMILES string of the molecule is CCCCCCN1C(=O)C(SCc2ccco2)=C(c2ccc(C)cc2)C1=O. The molecule has 0 unspecified atom stereocenters. The summed E-state index contributed by atoms with van der Waals surface area (Å²) in [5.41, 5.74) is 2.45.